The fraction of sp³-hybridized carbons (Fsp3) is 0.263. The Balaban J connectivity index is 1.62. The van der Waals surface area contributed by atoms with Crippen molar-refractivity contribution in [1.29, 1.82) is 0 Å². The van der Waals surface area contributed by atoms with Gasteiger partial charge in [0, 0.05) is 34.3 Å². The summed E-state index contributed by atoms with van der Waals surface area (Å²) in [7, 11) is 0. The lowest BCUT2D eigenvalue weighted by atomic mass is 10.0. The first kappa shape index (κ1) is 14.6. The van der Waals surface area contributed by atoms with Crippen LogP contribution in [0.15, 0.2) is 36.5 Å². The maximum atomic E-state index is 12.2. The van der Waals surface area contributed by atoms with Crippen LogP contribution in [0.25, 0.3) is 22.2 Å². The van der Waals surface area contributed by atoms with Crippen LogP contribution in [0.3, 0.4) is 0 Å². The van der Waals surface area contributed by atoms with Gasteiger partial charge in [0.15, 0.2) is 0 Å². The van der Waals surface area contributed by atoms with Gasteiger partial charge in [0.25, 0.3) is 5.91 Å². The molecular weight excluding hydrogens is 316 g/mol. The van der Waals surface area contributed by atoms with Crippen molar-refractivity contribution in [3.8, 4) is 11.3 Å². The highest BCUT2D eigenvalue weighted by molar-refractivity contribution is 6.09. The van der Waals surface area contributed by atoms with Gasteiger partial charge in [0.2, 0.25) is 0 Å². The number of aromatic amines is 1. The maximum Gasteiger partial charge on any atom is 0.275 e. The van der Waals surface area contributed by atoms with Crippen LogP contribution in [0, 0.1) is 0 Å². The van der Waals surface area contributed by atoms with Gasteiger partial charge in [-0.15, -0.1) is 0 Å². The van der Waals surface area contributed by atoms with Crippen molar-refractivity contribution < 1.29 is 9.63 Å². The summed E-state index contributed by atoms with van der Waals surface area (Å²) in [5.41, 5.74) is 8.07. The number of hydrogen-bond donors (Lipinski definition) is 3. The molecule has 2 aliphatic heterocycles. The van der Waals surface area contributed by atoms with E-state index in [4.69, 9.17) is 4.84 Å². The highest BCUT2D eigenvalue weighted by Gasteiger charge is 2.23. The summed E-state index contributed by atoms with van der Waals surface area (Å²) in [6, 6.07) is 10.2. The van der Waals surface area contributed by atoms with E-state index >= 15 is 0 Å². The van der Waals surface area contributed by atoms with Gasteiger partial charge in [-0.1, -0.05) is 6.07 Å². The second kappa shape index (κ2) is 5.68. The first-order valence-electron chi connectivity index (χ1n) is 8.56. The predicted octanol–water partition coefficient (Wildman–Crippen LogP) is 2.83. The van der Waals surface area contributed by atoms with E-state index < -0.39 is 0 Å². The van der Waals surface area contributed by atoms with Gasteiger partial charge in [0.05, 0.1) is 17.0 Å². The number of amides is 1. The maximum absolute atomic E-state index is 12.2. The molecule has 1 atom stereocenters. The molecule has 1 fully saturated rings. The Morgan fingerprint density at radius 2 is 2.16 bits per heavy atom. The van der Waals surface area contributed by atoms with Crippen molar-refractivity contribution in [2.24, 2.45) is 0 Å². The minimum absolute atomic E-state index is 0.212. The van der Waals surface area contributed by atoms with Crippen molar-refractivity contribution in [2.45, 2.75) is 25.5 Å². The third kappa shape index (κ3) is 2.33. The molecule has 2 aliphatic rings. The molecule has 0 radical (unpaired) electrons. The van der Waals surface area contributed by atoms with E-state index in [0.717, 1.165) is 46.4 Å². The Hall–Kier alpha value is -2.70. The summed E-state index contributed by atoms with van der Waals surface area (Å²) < 4.78 is 0. The molecule has 6 nitrogen and oxygen atoms in total. The molecule has 6 heteroatoms. The second-order valence-electron chi connectivity index (χ2n) is 6.55. The van der Waals surface area contributed by atoms with Crippen molar-refractivity contribution in [3.63, 3.8) is 0 Å². The molecule has 4 heterocycles. The number of nitrogens with zero attached hydrogens (tertiary/aromatic N) is 1. The Morgan fingerprint density at radius 1 is 1.20 bits per heavy atom. The molecule has 0 unspecified atom stereocenters. The number of hydrogen-bond acceptors (Lipinski definition) is 4. The van der Waals surface area contributed by atoms with E-state index in [-0.39, 0.29) is 5.91 Å². The number of nitrogens with one attached hydrogen (secondary N) is 3. The lowest BCUT2D eigenvalue weighted by Crippen LogP contribution is -2.21. The quantitative estimate of drug-likeness (QED) is 0.673. The number of aromatic nitrogens is 2. The van der Waals surface area contributed by atoms with E-state index in [9.17, 15) is 4.79 Å². The van der Waals surface area contributed by atoms with E-state index in [1.54, 1.807) is 0 Å². The number of benzene rings is 1. The highest BCUT2D eigenvalue weighted by Crippen LogP contribution is 2.34. The van der Waals surface area contributed by atoms with Crippen molar-refractivity contribution >= 4 is 16.8 Å². The number of carbonyl (C=O) groups excluding carboxylic acids is 1. The summed E-state index contributed by atoms with van der Waals surface area (Å²) >= 11 is 0. The molecule has 3 aromatic rings. The molecule has 5 rings (SSSR count). The fourth-order valence-corrected chi connectivity index (χ4v) is 3.82. The standard InChI is InChI=1S/C19H18N4O2/c24-19-12-3-1-4-16-17(12)13(10-25-23-19)18(22-16)11-6-7-15(21-9-11)14-5-2-8-20-14/h1,3-4,6-7,9,14,20,22H,2,5,8,10H2,(H,23,24)/t14-/m0/s1. The summed E-state index contributed by atoms with van der Waals surface area (Å²) in [5.74, 6) is -0.212. The average molecular weight is 334 g/mol. The molecule has 3 N–H and O–H groups in total. The van der Waals surface area contributed by atoms with Crippen LogP contribution in [-0.4, -0.2) is 22.4 Å². The zero-order valence-electron chi connectivity index (χ0n) is 13.6. The Bertz CT molecular complexity index is 955. The highest BCUT2D eigenvalue weighted by atomic mass is 16.6. The largest absolute Gasteiger partial charge is 0.354 e. The van der Waals surface area contributed by atoms with Crippen molar-refractivity contribution in [1.82, 2.24) is 20.8 Å². The molecule has 0 spiro atoms. The van der Waals surface area contributed by atoms with Gasteiger partial charge in [-0.05, 0) is 43.7 Å². The van der Waals surface area contributed by atoms with Gasteiger partial charge < -0.3 is 10.3 Å². The zero-order chi connectivity index (χ0) is 16.8. The van der Waals surface area contributed by atoms with Crippen LogP contribution in [0.2, 0.25) is 0 Å². The molecule has 0 aliphatic carbocycles. The smallest absolute Gasteiger partial charge is 0.275 e. The summed E-state index contributed by atoms with van der Waals surface area (Å²) in [6.07, 6.45) is 4.23. The monoisotopic (exact) mass is 334 g/mol. The second-order valence-corrected chi connectivity index (χ2v) is 6.55. The average Bonchev–Trinajstić information content (AvgIpc) is 3.26. The van der Waals surface area contributed by atoms with Crippen LogP contribution in [-0.2, 0) is 11.4 Å². The first-order valence-corrected chi connectivity index (χ1v) is 8.56. The van der Waals surface area contributed by atoms with Crippen molar-refractivity contribution in [2.75, 3.05) is 6.54 Å². The molecular formula is C19H18N4O2. The molecule has 0 bridgehead atoms. The molecule has 1 aromatic carbocycles. The SMILES string of the molecule is O=C1NOCc2c(-c3ccc([C@@H]4CCCN4)nc3)[nH]c3cccc1c23. The van der Waals surface area contributed by atoms with Crippen molar-refractivity contribution in [3.05, 3.63) is 53.3 Å². The molecule has 1 amide bonds. The van der Waals surface area contributed by atoms with E-state index in [0.29, 0.717) is 18.2 Å². The number of pyridine rings is 1. The number of rotatable bonds is 2. The Kier molecular flexibility index (Phi) is 3.33. The van der Waals surface area contributed by atoms with E-state index in [2.05, 4.69) is 32.9 Å². The summed E-state index contributed by atoms with van der Waals surface area (Å²) in [5, 5.41) is 4.39. The van der Waals surface area contributed by atoms with Crippen LogP contribution < -0.4 is 10.8 Å². The predicted molar refractivity (Wildman–Crippen MR) is 93.8 cm³/mol. The van der Waals surface area contributed by atoms with E-state index in [1.807, 2.05) is 24.4 Å². The van der Waals surface area contributed by atoms with Gasteiger partial charge in [0.1, 0.15) is 6.61 Å². The fourth-order valence-electron chi connectivity index (χ4n) is 3.82. The van der Waals surface area contributed by atoms with Gasteiger partial charge >= 0.3 is 0 Å². The van der Waals surface area contributed by atoms with E-state index in [1.165, 1.54) is 6.42 Å². The topological polar surface area (TPSA) is 79.0 Å². The minimum atomic E-state index is -0.212. The summed E-state index contributed by atoms with van der Waals surface area (Å²) in [4.78, 5) is 25.6. The normalized spacial score (nSPS) is 19.8. The Morgan fingerprint density at radius 3 is 2.96 bits per heavy atom. The zero-order valence-corrected chi connectivity index (χ0v) is 13.6. The van der Waals surface area contributed by atoms with Gasteiger partial charge in [-0.2, -0.15) is 0 Å². The van der Waals surface area contributed by atoms with Gasteiger partial charge in [-0.25, -0.2) is 5.48 Å². The van der Waals surface area contributed by atoms with Crippen LogP contribution in [0.5, 0.6) is 0 Å². The third-order valence-corrected chi connectivity index (χ3v) is 5.05. The number of hydroxylamine groups is 1. The van der Waals surface area contributed by atoms with Crippen LogP contribution in [0.4, 0.5) is 0 Å². The van der Waals surface area contributed by atoms with Gasteiger partial charge in [-0.3, -0.25) is 14.6 Å². The molecule has 2 aromatic heterocycles. The molecule has 1 saturated heterocycles. The lowest BCUT2D eigenvalue weighted by molar-refractivity contribution is 0.0256. The summed E-state index contributed by atoms with van der Waals surface area (Å²) in [6.45, 7) is 1.38. The Labute approximate surface area is 144 Å². The van der Waals surface area contributed by atoms with Crippen LogP contribution >= 0.6 is 0 Å². The minimum Gasteiger partial charge on any atom is -0.354 e. The molecule has 25 heavy (non-hydrogen) atoms. The molecule has 0 saturated carbocycles. The lowest BCUT2D eigenvalue weighted by Gasteiger charge is -2.10. The number of carbonyl (C=O) groups is 1. The molecule has 126 valence electrons. The first-order chi connectivity index (χ1) is 12.3. The third-order valence-electron chi connectivity index (χ3n) is 5.05. The number of H-pyrrole nitrogens is 1. The van der Waals surface area contributed by atoms with Crippen LogP contribution in [0.1, 0.15) is 40.5 Å².